The van der Waals surface area contributed by atoms with Crippen LogP contribution >= 0.6 is 0 Å². The average molecular weight is 407 g/mol. The molecule has 2 aromatic rings. The van der Waals surface area contributed by atoms with Crippen molar-refractivity contribution < 1.29 is 14.4 Å². The standard InChI is InChI=1S/C25H31N3O2/c1-18-15-21(12-13-25(29)30)26-22(18)17-24-20(11-8-14-28(2,3)4)16-23(27-24)19-9-6-5-7-10-19/h5-7,9-10,15-17H,8,11-14H2,1-4H3,(H-,26,27,29,30)/p+1. The molecule has 1 aliphatic rings. The molecular formula is C25H32N3O2+. The minimum absolute atomic E-state index is 0.127. The Morgan fingerprint density at radius 1 is 1.17 bits per heavy atom. The Balaban J connectivity index is 1.86. The molecule has 3 rings (SSSR count). The van der Waals surface area contributed by atoms with Gasteiger partial charge in [-0.15, -0.1) is 0 Å². The van der Waals surface area contributed by atoms with Gasteiger partial charge in [-0.25, -0.2) is 4.99 Å². The summed E-state index contributed by atoms with van der Waals surface area (Å²) in [5, 5.41) is 8.94. The van der Waals surface area contributed by atoms with Crippen molar-refractivity contribution in [3.05, 3.63) is 76.3 Å². The number of benzene rings is 1. The number of H-pyrrole nitrogens is 1. The van der Waals surface area contributed by atoms with E-state index < -0.39 is 5.97 Å². The average Bonchev–Trinajstić information content (AvgIpc) is 3.24. The number of aryl methyl sites for hydroxylation is 2. The van der Waals surface area contributed by atoms with Crippen LogP contribution in [-0.4, -0.2) is 53.9 Å². The van der Waals surface area contributed by atoms with Crippen molar-refractivity contribution in [2.75, 3.05) is 27.7 Å². The van der Waals surface area contributed by atoms with Crippen LogP contribution in [0.4, 0.5) is 0 Å². The second-order valence-electron chi connectivity index (χ2n) is 8.96. The van der Waals surface area contributed by atoms with E-state index in [1.165, 1.54) is 5.57 Å². The fourth-order valence-electron chi connectivity index (χ4n) is 3.61. The highest BCUT2D eigenvalue weighted by Crippen LogP contribution is 2.29. The fraction of sp³-hybridized carbons (Fsp3) is 0.360. The van der Waals surface area contributed by atoms with Crippen LogP contribution in [0, 0.1) is 6.92 Å². The van der Waals surface area contributed by atoms with Gasteiger partial charge in [0.05, 0.1) is 45.5 Å². The molecule has 5 nitrogen and oxygen atoms in total. The van der Waals surface area contributed by atoms with Crippen LogP contribution in [-0.2, 0) is 11.2 Å². The highest BCUT2D eigenvalue weighted by atomic mass is 16.4. The predicted octanol–water partition coefficient (Wildman–Crippen LogP) is 4.60. The molecule has 1 aromatic heterocycles. The summed E-state index contributed by atoms with van der Waals surface area (Å²) < 4.78 is 0.946. The number of carbonyl (C=O) groups is 1. The zero-order chi connectivity index (χ0) is 21.7. The van der Waals surface area contributed by atoms with Crippen molar-refractivity contribution in [1.82, 2.24) is 4.98 Å². The summed E-state index contributed by atoms with van der Waals surface area (Å²) in [6, 6.07) is 12.3. The molecule has 0 atom stereocenters. The lowest BCUT2D eigenvalue weighted by molar-refractivity contribution is -0.870. The van der Waals surface area contributed by atoms with E-state index in [2.05, 4.69) is 50.4 Å². The van der Waals surface area contributed by atoms with E-state index in [9.17, 15) is 4.79 Å². The summed E-state index contributed by atoms with van der Waals surface area (Å²) in [6.07, 6.45) is 7.02. The summed E-state index contributed by atoms with van der Waals surface area (Å²) in [6.45, 7) is 3.15. The predicted molar refractivity (Wildman–Crippen MR) is 123 cm³/mol. The quantitative estimate of drug-likeness (QED) is 0.598. The van der Waals surface area contributed by atoms with Gasteiger partial charge in [0.2, 0.25) is 0 Å². The molecule has 0 amide bonds. The summed E-state index contributed by atoms with van der Waals surface area (Å²) in [5.41, 5.74) is 7.42. The largest absolute Gasteiger partial charge is 0.481 e. The molecule has 5 heteroatoms. The first-order chi connectivity index (χ1) is 14.2. The number of aliphatic carboxylic acids is 1. The first-order valence-corrected chi connectivity index (χ1v) is 10.5. The van der Waals surface area contributed by atoms with Gasteiger partial charge in [0.1, 0.15) is 0 Å². The third kappa shape index (κ3) is 6.04. The maximum atomic E-state index is 10.9. The molecule has 1 aliphatic heterocycles. The highest BCUT2D eigenvalue weighted by molar-refractivity contribution is 6.12. The number of hydrogen-bond donors (Lipinski definition) is 2. The van der Waals surface area contributed by atoms with E-state index in [0.29, 0.717) is 6.42 Å². The van der Waals surface area contributed by atoms with Gasteiger partial charge >= 0.3 is 5.97 Å². The van der Waals surface area contributed by atoms with E-state index in [-0.39, 0.29) is 6.42 Å². The number of allylic oxidation sites excluding steroid dienone is 2. The molecule has 0 bridgehead atoms. The van der Waals surface area contributed by atoms with Crippen molar-refractivity contribution in [1.29, 1.82) is 0 Å². The number of aromatic amines is 1. The van der Waals surface area contributed by atoms with Crippen molar-refractivity contribution >= 4 is 17.8 Å². The third-order valence-electron chi connectivity index (χ3n) is 5.23. The number of carboxylic acid groups (broad SMARTS) is 1. The highest BCUT2D eigenvalue weighted by Gasteiger charge is 2.18. The molecule has 0 fully saturated rings. The number of carboxylic acids is 1. The molecule has 0 unspecified atom stereocenters. The SMILES string of the molecule is Cc1cc(CCC(=O)O)[nH]c1C=C1N=C(c2ccccc2)C=C1CCC[N+](C)(C)C. The number of rotatable bonds is 9. The lowest BCUT2D eigenvalue weighted by atomic mass is 10.0. The molecule has 2 heterocycles. The van der Waals surface area contributed by atoms with E-state index >= 15 is 0 Å². The fourth-order valence-corrected chi connectivity index (χ4v) is 3.61. The second kappa shape index (κ2) is 9.26. The van der Waals surface area contributed by atoms with Gasteiger partial charge in [-0.2, -0.15) is 0 Å². The Bertz CT molecular complexity index is 989. The van der Waals surface area contributed by atoms with Crippen molar-refractivity contribution in [3.8, 4) is 0 Å². The van der Waals surface area contributed by atoms with E-state index in [0.717, 1.165) is 57.8 Å². The van der Waals surface area contributed by atoms with E-state index in [4.69, 9.17) is 10.1 Å². The van der Waals surface area contributed by atoms with Gasteiger partial charge in [-0.3, -0.25) is 4.79 Å². The number of quaternary nitrogens is 1. The topological polar surface area (TPSA) is 65.4 Å². The lowest BCUT2D eigenvalue weighted by Gasteiger charge is -2.23. The summed E-state index contributed by atoms with van der Waals surface area (Å²) >= 11 is 0. The van der Waals surface area contributed by atoms with Gasteiger partial charge in [0.15, 0.2) is 0 Å². The Morgan fingerprint density at radius 2 is 1.90 bits per heavy atom. The number of aromatic nitrogens is 1. The zero-order valence-corrected chi connectivity index (χ0v) is 18.4. The van der Waals surface area contributed by atoms with Crippen LogP contribution in [0.3, 0.4) is 0 Å². The van der Waals surface area contributed by atoms with Crippen LogP contribution in [0.25, 0.3) is 6.08 Å². The van der Waals surface area contributed by atoms with Gasteiger partial charge < -0.3 is 14.6 Å². The molecule has 30 heavy (non-hydrogen) atoms. The smallest absolute Gasteiger partial charge is 0.303 e. The summed E-state index contributed by atoms with van der Waals surface area (Å²) in [7, 11) is 6.64. The minimum Gasteiger partial charge on any atom is -0.481 e. The maximum absolute atomic E-state index is 10.9. The Kier molecular flexibility index (Phi) is 6.73. The lowest BCUT2D eigenvalue weighted by Crippen LogP contribution is -2.35. The van der Waals surface area contributed by atoms with Crippen LogP contribution in [0.15, 0.2) is 58.7 Å². The first-order valence-electron chi connectivity index (χ1n) is 10.5. The monoisotopic (exact) mass is 406 g/mol. The van der Waals surface area contributed by atoms with E-state index in [1.54, 1.807) is 0 Å². The molecular weight excluding hydrogens is 374 g/mol. The van der Waals surface area contributed by atoms with Gasteiger partial charge in [-0.05, 0) is 49.1 Å². The van der Waals surface area contributed by atoms with Crippen LogP contribution in [0.5, 0.6) is 0 Å². The summed E-state index contributed by atoms with van der Waals surface area (Å²) in [5.74, 6) is -0.780. The summed E-state index contributed by atoms with van der Waals surface area (Å²) in [4.78, 5) is 19.2. The zero-order valence-electron chi connectivity index (χ0n) is 18.4. The van der Waals surface area contributed by atoms with Crippen molar-refractivity contribution in [2.45, 2.75) is 32.6 Å². The molecule has 2 N–H and O–H groups in total. The molecule has 0 spiro atoms. The second-order valence-corrected chi connectivity index (χ2v) is 8.96. The molecule has 0 saturated heterocycles. The normalized spacial score (nSPS) is 15.4. The van der Waals surface area contributed by atoms with Gasteiger partial charge in [0.25, 0.3) is 0 Å². The molecule has 0 saturated carbocycles. The van der Waals surface area contributed by atoms with Crippen molar-refractivity contribution in [2.24, 2.45) is 4.99 Å². The molecule has 158 valence electrons. The number of aliphatic imine (C=N–C) groups is 1. The number of nitrogens with zero attached hydrogens (tertiary/aromatic N) is 2. The van der Waals surface area contributed by atoms with Crippen molar-refractivity contribution in [3.63, 3.8) is 0 Å². The molecule has 1 aromatic carbocycles. The first kappa shape index (κ1) is 21.8. The van der Waals surface area contributed by atoms with Gasteiger partial charge in [0, 0.05) is 23.4 Å². The Morgan fingerprint density at radius 3 is 2.57 bits per heavy atom. The Labute approximate surface area is 179 Å². The van der Waals surface area contributed by atoms with Gasteiger partial charge in [-0.1, -0.05) is 30.3 Å². The number of nitrogens with one attached hydrogen (secondary N) is 1. The van der Waals surface area contributed by atoms with Crippen LogP contribution in [0.2, 0.25) is 0 Å². The maximum Gasteiger partial charge on any atom is 0.303 e. The molecule has 0 aliphatic carbocycles. The van der Waals surface area contributed by atoms with Crippen LogP contribution in [0.1, 0.15) is 41.8 Å². The number of hydrogen-bond acceptors (Lipinski definition) is 2. The molecule has 0 radical (unpaired) electrons. The van der Waals surface area contributed by atoms with Crippen LogP contribution < -0.4 is 0 Å². The Hall–Kier alpha value is -2.92. The third-order valence-corrected chi connectivity index (χ3v) is 5.23. The minimum atomic E-state index is -0.780. The van der Waals surface area contributed by atoms with E-state index in [1.807, 2.05) is 31.2 Å².